The SMILES string of the molecule is O=C(C1CCCN(Cc2nc(-c3cccc(Br)c3)no2)C1)N1CCN(Cc2ccc3c(c2)OCO3)CC1. The highest BCUT2D eigenvalue weighted by Gasteiger charge is 2.31. The molecule has 1 atom stereocenters. The molecular formula is C27H30BrN5O4. The van der Waals surface area contributed by atoms with Crippen molar-refractivity contribution in [1.82, 2.24) is 24.8 Å². The Hall–Kier alpha value is -2.95. The summed E-state index contributed by atoms with van der Waals surface area (Å²) in [6.45, 7) is 6.63. The maximum absolute atomic E-state index is 13.4. The van der Waals surface area contributed by atoms with E-state index in [0.29, 0.717) is 25.1 Å². The van der Waals surface area contributed by atoms with Crippen molar-refractivity contribution in [2.24, 2.45) is 5.92 Å². The zero-order valence-corrected chi connectivity index (χ0v) is 22.2. The van der Waals surface area contributed by atoms with Crippen LogP contribution in [0.1, 0.15) is 24.3 Å². The van der Waals surface area contributed by atoms with E-state index in [4.69, 9.17) is 14.0 Å². The van der Waals surface area contributed by atoms with Gasteiger partial charge in [0.15, 0.2) is 11.5 Å². The number of carbonyl (C=O) groups is 1. The molecule has 194 valence electrons. The van der Waals surface area contributed by atoms with Gasteiger partial charge in [0, 0.05) is 49.3 Å². The minimum Gasteiger partial charge on any atom is -0.454 e. The second-order valence-electron chi connectivity index (χ2n) is 9.89. The van der Waals surface area contributed by atoms with E-state index in [9.17, 15) is 4.79 Å². The number of rotatable bonds is 6. The van der Waals surface area contributed by atoms with Gasteiger partial charge in [-0.25, -0.2) is 0 Å². The Morgan fingerprint density at radius 3 is 2.70 bits per heavy atom. The summed E-state index contributed by atoms with van der Waals surface area (Å²) in [4.78, 5) is 24.6. The predicted octanol–water partition coefficient (Wildman–Crippen LogP) is 3.78. The van der Waals surface area contributed by atoms with Gasteiger partial charge in [0.2, 0.25) is 24.4 Å². The molecule has 0 spiro atoms. The number of amides is 1. The number of carbonyl (C=O) groups excluding carboxylic acids is 1. The first kappa shape index (κ1) is 24.4. The molecule has 37 heavy (non-hydrogen) atoms. The molecule has 1 unspecified atom stereocenters. The number of hydrogen-bond donors (Lipinski definition) is 0. The number of hydrogen-bond acceptors (Lipinski definition) is 8. The number of piperazine rings is 1. The topological polar surface area (TPSA) is 84.2 Å². The van der Waals surface area contributed by atoms with Crippen LogP contribution in [0.3, 0.4) is 0 Å². The van der Waals surface area contributed by atoms with Crippen molar-refractivity contribution in [2.45, 2.75) is 25.9 Å². The Kier molecular flexibility index (Phi) is 7.12. The molecule has 0 saturated carbocycles. The number of likely N-dealkylation sites (tertiary alicyclic amines) is 1. The van der Waals surface area contributed by atoms with Gasteiger partial charge in [-0.2, -0.15) is 4.98 Å². The van der Waals surface area contributed by atoms with Gasteiger partial charge in [0.1, 0.15) is 0 Å². The molecule has 0 radical (unpaired) electrons. The largest absolute Gasteiger partial charge is 0.454 e. The molecule has 0 N–H and O–H groups in total. The number of aromatic nitrogens is 2. The van der Waals surface area contributed by atoms with Crippen LogP contribution in [0.5, 0.6) is 11.5 Å². The molecule has 10 heteroatoms. The summed E-state index contributed by atoms with van der Waals surface area (Å²) in [7, 11) is 0. The lowest BCUT2D eigenvalue weighted by atomic mass is 9.96. The van der Waals surface area contributed by atoms with Gasteiger partial charge < -0.3 is 18.9 Å². The van der Waals surface area contributed by atoms with E-state index < -0.39 is 0 Å². The number of benzene rings is 2. The predicted molar refractivity (Wildman–Crippen MR) is 140 cm³/mol. The van der Waals surface area contributed by atoms with Gasteiger partial charge >= 0.3 is 0 Å². The molecule has 0 bridgehead atoms. The third kappa shape index (κ3) is 5.66. The second kappa shape index (κ2) is 10.8. The fourth-order valence-corrected chi connectivity index (χ4v) is 5.74. The second-order valence-corrected chi connectivity index (χ2v) is 10.8. The van der Waals surface area contributed by atoms with Crippen molar-refractivity contribution in [2.75, 3.05) is 46.1 Å². The molecule has 1 aromatic heterocycles. The Morgan fingerprint density at radius 2 is 1.84 bits per heavy atom. The van der Waals surface area contributed by atoms with Crippen molar-refractivity contribution in [3.8, 4) is 22.9 Å². The summed E-state index contributed by atoms with van der Waals surface area (Å²) in [5.41, 5.74) is 2.12. The van der Waals surface area contributed by atoms with Crippen LogP contribution in [0, 0.1) is 5.92 Å². The third-order valence-electron chi connectivity index (χ3n) is 7.29. The molecule has 2 saturated heterocycles. The highest BCUT2D eigenvalue weighted by Crippen LogP contribution is 2.33. The van der Waals surface area contributed by atoms with Gasteiger partial charge in [0.05, 0.1) is 12.5 Å². The highest BCUT2D eigenvalue weighted by atomic mass is 79.9. The molecule has 9 nitrogen and oxygen atoms in total. The normalized spacial score (nSPS) is 20.4. The Balaban J connectivity index is 0.998. The van der Waals surface area contributed by atoms with Gasteiger partial charge in [0.25, 0.3) is 0 Å². The lowest BCUT2D eigenvalue weighted by molar-refractivity contribution is -0.139. The number of nitrogens with zero attached hydrogens (tertiary/aromatic N) is 5. The van der Waals surface area contributed by atoms with Crippen LogP contribution >= 0.6 is 15.9 Å². The summed E-state index contributed by atoms with van der Waals surface area (Å²) < 4.78 is 17.4. The van der Waals surface area contributed by atoms with Gasteiger partial charge in [-0.05, 0) is 49.2 Å². The van der Waals surface area contributed by atoms with Crippen LogP contribution in [0.15, 0.2) is 51.5 Å². The zero-order valence-electron chi connectivity index (χ0n) is 20.6. The van der Waals surface area contributed by atoms with E-state index in [1.807, 2.05) is 35.2 Å². The molecule has 2 aromatic carbocycles. The van der Waals surface area contributed by atoms with E-state index in [1.54, 1.807) is 0 Å². The number of fused-ring (bicyclic) bond motifs is 1. The first-order chi connectivity index (χ1) is 18.1. The molecule has 1 amide bonds. The molecule has 4 heterocycles. The minimum absolute atomic E-state index is 0.0154. The van der Waals surface area contributed by atoms with Gasteiger partial charge in [-0.15, -0.1) is 0 Å². The van der Waals surface area contributed by atoms with Crippen LogP contribution in [0.2, 0.25) is 0 Å². The number of ether oxygens (including phenoxy) is 2. The summed E-state index contributed by atoms with van der Waals surface area (Å²) in [6, 6.07) is 14.0. The van der Waals surface area contributed by atoms with Crippen LogP contribution in [0.4, 0.5) is 0 Å². The molecule has 2 fully saturated rings. The molecule has 3 aliphatic rings. The Bertz CT molecular complexity index is 1260. The third-order valence-corrected chi connectivity index (χ3v) is 7.78. The smallest absolute Gasteiger partial charge is 0.241 e. The molecule has 3 aromatic rings. The quantitative estimate of drug-likeness (QED) is 0.445. The average molecular weight is 568 g/mol. The first-order valence-corrected chi connectivity index (χ1v) is 13.6. The zero-order chi connectivity index (χ0) is 25.2. The Morgan fingerprint density at radius 1 is 0.973 bits per heavy atom. The van der Waals surface area contributed by atoms with E-state index in [-0.39, 0.29) is 11.8 Å². The fraction of sp³-hybridized carbons (Fsp3) is 0.444. The van der Waals surface area contributed by atoms with E-state index in [0.717, 1.165) is 80.2 Å². The van der Waals surface area contributed by atoms with Crippen molar-refractivity contribution >= 4 is 21.8 Å². The van der Waals surface area contributed by atoms with Crippen molar-refractivity contribution in [3.05, 3.63) is 58.4 Å². The van der Waals surface area contributed by atoms with Gasteiger partial charge in [-0.1, -0.05) is 39.3 Å². The van der Waals surface area contributed by atoms with E-state index in [2.05, 4.69) is 48.0 Å². The van der Waals surface area contributed by atoms with Crippen LogP contribution in [-0.2, 0) is 17.9 Å². The van der Waals surface area contributed by atoms with Crippen LogP contribution in [-0.4, -0.2) is 76.8 Å². The van der Waals surface area contributed by atoms with Gasteiger partial charge in [-0.3, -0.25) is 14.6 Å². The molecular weight excluding hydrogens is 538 g/mol. The summed E-state index contributed by atoms with van der Waals surface area (Å²) in [6.07, 6.45) is 1.92. The summed E-state index contributed by atoms with van der Waals surface area (Å²) in [5.74, 6) is 3.08. The van der Waals surface area contributed by atoms with E-state index in [1.165, 1.54) is 5.56 Å². The van der Waals surface area contributed by atoms with E-state index >= 15 is 0 Å². The summed E-state index contributed by atoms with van der Waals surface area (Å²) >= 11 is 3.48. The average Bonchev–Trinajstić information content (AvgIpc) is 3.58. The first-order valence-electron chi connectivity index (χ1n) is 12.8. The fourth-order valence-electron chi connectivity index (χ4n) is 5.34. The van der Waals surface area contributed by atoms with Crippen LogP contribution in [0.25, 0.3) is 11.4 Å². The lowest BCUT2D eigenvalue weighted by Crippen LogP contribution is -2.52. The maximum Gasteiger partial charge on any atom is 0.241 e. The molecule has 3 aliphatic heterocycles. The number of piperidine rings is 1. The lowest BCUT2D eigenvalue weighted by Gasteiger charge is -2.38. The standard InChI is InChI=1S/C27H30BrN5O4/c28-22-5-1-3-20(14-22)26-29-25(37-30-26)17-32-8-2-4-21(16-32)27(34)33-11-9-31(10-12-33)15-19-6-7-23-24(13-19)36-18-35-23/h1,3,5-7,13-14,21H,2,4,8-12,15-18H2. The maximum atomic E-state index is 13.4. The molecule has 0 aliphatic carbocycles. The minimum atomic E-state index is 0.0154. The molecule has 6 rings (SSSR count). The van der Waals surface area contributed by atoms with Crippen molar-refractivity contribution in [1.29, 1.82) is 0 Å². The summed E-state index contributed by atoms with van der Waals surface area (Å²) in [5, 5.41) is 4.15. The monoisotopic (exact) mass is 567 g/mol. The van der Waals surface area contributed by atoms with Crippen molar-refractivity contribution < 1.29 is 18.8 Å². The van der Waals surface area contributed by atoms with Crippen LogP contribution < -0.4 is 9.47 Å². The highest BCUT2D eigenvalue weighted by molar-refractivity contribution is 9.10. The number of halogens is 1. The van der Waals surface area contributed by atoms with Crippen molar-refractivity contribution in [3.63, 3.8) is 0 Å². The Labute approximate surface area is 224 Å².